The zero-order valence-corrected chi connectivity index (χ0v) is 16.5. The summed E-state index contributed by atoms with van der Waals surface area (Å²) in [6, 6.07) is 4.07. The van der Waals surface area contributed by atoms with Crippen molar-refractivity contribution < 1.29 is 4.79 Å². The number of piperidine rings is 1. The molecule has 1 amide bonds. The molecule has 3 aromatic heterocycles. The van der Waals surface area contributed by atoms with Crippen LogP contribution in [0.1, 0.15) is 35.0 Å². The van der Waals surface area contributed by atoms with Crippen LogP contribution >= 0.6 is 22.7 Å². The normalized spacial score (nSPS) is 15.2. The Morgan fingerprint density at radius 2 is 2.11 bits per heavy atom. The predicted molar refractivity (Wildman–Crippen MR) is 111 cm³/mol. The van der Waals surface area contributed by atoms with Crippen LogP contribution in [0.5, 0.6) is 0 Å². The van der Waals surface area contributed by atoms with Gasteiger partial charge in [-0.15, -0.1) is 11.3 Å². The van der Waals surface area contributed by atoms with Crippen LogP contribution in [0.25, 0.3) is 21.3 Å². The molecule has 0 unspecified atom stereocenters. The van der Waals surface area contributed by atoms with Gasteiger partial charge < -0.3 is 16.4 Å². The van der Waals surface area contributed by atoms with Crippen molar-refractivity contribution in [2.24, 2.45) is 5.92 Å². The maximum atomic E-state index is 13.1. The van der Waals surface area contributed by atoms with Crippen LogP contribution in [0.4, 0.5) is 11.5 Å². The van der Waals surface area contributed by atoms with Crippen LogP contribution in [-0.2, 0) is 0 Å². The standard InChI is InChI=1S/C19H19N5OS2/c1-10-2-5-24(6-3-10)19(25)16-15(21)14-13(11-4-7-26-9-11)12(8-20)17(22)23-18(14)27-16/h4,7,9-10H,2-3,5-6,21H2,1H3,(H2,22,23). The van der Waals surface area contributed by atoms with E-state index in [1.54, 1.807) is 0 Å². The van der Waals surface area contributed by atoms with Crippen LogP contribution in [0.3, 0.4) is 0 Å². The van der Waals surface area contributed by atoms with E-state index < -0.39 is 0 Å². The molecule has 1 fully saturated rings. The molecule has 1 saturated heterocycles. The van der Waals surface area contributed by atoms with E-state index in [2.05, 4.69) is 18.0 Å². The van der Waals surface area contributed by atoms with Crippen molar-refractivity contribution in [2.45, 2.75) is 19.8 Å². The topological polar surface area (TPSA) is 109 Å². The van der Waals surface area contributed by atoms with E-state index in [0.717, 1.165) is 31.5 Å². The van der Waals surface area contributed by atoms with Crippen molar-refractivity contribution in [3.05, 3.63) is 27.3 Å². The minimum atomic E-state index is -0.0595. The van der Waals surface area contributed by atoms with Gasteiger partial charge in [-0.05, 0) is 41.1 Å². The van der Waals surface area contributed by atoms with Gasteiger partial charge in [0.1, 0.15) is 27.2 Å². The smallest absolute Gasteiger partial charge is 0.266 e. The summed E-state index contributed by atoms with van der Waals surface area (Å²) in [6.45, 7) is 3.69. The van der Waals surface area contributed by atoms with Gasteiger partial charge >= 0.3 is 0 Å². The molecule has 3 aromatic rings. The molecule has 4 rings (SSSR count). The summed E-state index contributed by atoms with van der Waals surface area (Å²) in [5, 5.41) is 14.1. The van der Waals surface area contributed by atoms with Crippen molar-refractivity contribution in [3.8, 4) is 17.2 Å². The summed E-state index contributed by atoms with van der Waals surface area (Å²) in [7, 11) is 0. The average molecular weight is 398 g/mol. The number of carbonyl (C=O) groups is 1. The molecule has 138 valence electrons. The number of hydrogen-bond donors (Lipinski definition) is 2. The highest BCUT2D eigenvalue weighted by Crippen LogP contribution is 2.43. The first-order chi connectivity index (χ1) is 13.0. The van der Waals surface area contributed by atoms with Gasteiger partial charge in [-0.1, -0.05) is 6.92 Å². The largest absolute Gasteiger partial charge is 0.397 e. The van der Waals surface area contributed by atoms with Gasteiger partial charge in [-0.2, -0.15) is 16.6 Å². The first kappa shape index (κ1) is 17.8. The van der Waals surface area contributed by atoms with Crippen molar-refractivity contribution in [3.63, 3.8) is 0 Å². The van der Waals surface area contributed by atoms with Crippen LogP contribution in [-0.4, -0.2) is 28.9 Å². The lowest BCUT2D eigenvalue weighted by Gasteiger charge is -2.30. The minimum Gasteiger partial charge on any atom is -0.397 e. The van der Waals surface area contributed by atoms with E-state index in [-0.39, 0.29) is 11.7 Å². The molecule has 0 saturated carbocycles. The molecule has 0 aliphatic carbocycles. The number of rotatable bonds is 2. The number of nitrogen functional groups attached to an aromatic ring is 2. The monoisotopic (exact) mass is 397 g/mol. The fraction of sp³-hybridized carbons (Fsp3) is 0.316. The molecule has 0 radical (unpaired) electrons. The molecular weight excluding hydrogens is 378 g/mol. The first-order valence-corrected chi connectivity index (χ1v) is 10.5. The van der Waals surface area contributed by atoms with Gasteiger partial charge in [-0.25, -0.2) is 4.98 Å². The Balaban J connectivity index is 1.88. The lowest BCUT2D eigenvalue weighted by molar-refractivity contribution is 0.0703. The highest BCUT2D eigenvalue weighted by Gasteiger charge is 2.28. The number of nitrogens with two attached hydrogens (primary N) is 2. The van der Waals surface area contributed by atoms with E-state index in [1.807, 2.05) is 21.7 Å². The number of carbonyl (C=O) groups excluding carboxylic acids is 1. The number of amides is 1. The third-order valence-electron chi connectivity index (χ3n) is 5.09. The molecule has 0 atom stereocenters. The first-order valence-electron chi connectivity index (χ1n) is 8.74. The molecule has 8 heteroatoms. The maximum Gasteiger partial charge on any atom is 0.266 e. The number of nitriles is 1. The Labute approximate surface area is 165 Å². The number of hydrogen-bond acceptors (Lipinski definition) is 7. The summed E-state index contributed by atoms with van der Waals surface area (Å²) in [4.78, 5) is 20.4. The summed E-state index contributed by atoms with van der Waals surface area (Å²) in [5.41, 5.74) is 14.7. The molecule has 4 N–H and O–H groups in total. The molecule has 1 aliphatic heterocycles. The number of pyridine rings is 1. The molecular formula is C19H19N5OS2. The number of fused-ring (bicyclic) bond motifs is 1. The second-order valence-corrected chi connectivity index (χ2v) is 8.65. The number of anilines is 2. The lowest BCUT2D eigenvalue weighted by Crippen LogP contribution is -2.37. The molecule has 27 heavy (non-hydrogen) atoms. The fourth-order valence-electron chi connectivity index (χ4n) is 3.49. The van der Waals surface area contributed by atoms with E-state index in [0.29, 0.717) is 37.8 Å². The van der Waals surface area contributed by atoms with Crippen molar-refractivity contribution >= 4 is 50.3 Å². The van der Waals surface area contributed by atoms with Crippen LogP contribution in [0, 0.1) is 17.2 Å². The van der Waals surface area contributed by atoms with E-state index in [9.17, 15) is 10.1 Å². The summed E-state index contributed by atoms with van der Waals surface area (Å²) < 4.78 is 0. The Morgan fingerprint density at radius 1 is 1.37 bits per heavy atom. The second kappa shape index (κ2) is 6.83. The van der Waals surface area contributed by atoms with Gasteiger partial charge in [0.05, 0.1) is 5.69 Å². The maximum absolute atomic E-state index is 13.1. The lowest BCUT2D eigenvalue weighted by atomic mass is 9.98. The number of thiophene rings is 2. The van der Waals surface area contributed by atoms with E-state index in [4.69, 9.17) is 11.5 Å². The summed E-state index contributed by atoms with van der Waals surface area (Å²) >= 11 is 2.78. The van der Waals surface area contributed by atoms with E-state index >= 15 is 0 Å². The van der Waals surface area contributed by atoms with Gasteiger partial charge in [0.25, 0.3) is 5.91 Å². The Hall–Kier alpha value is -2.63. The van der Waals surface area contributed by atoms with Gasteiger partial charge in [0, 0.05) is 24.0 Å². The van der Waals surface area contributed by atoms with E-state index in [1.165, 1.54) is 22.7 Å². The van der Waals surface area contributed by atoms with Crippen LogP contribution in [0.15, 0.2) is 16.8 Å². The van der Waals surface area contributed by atoms with Crippen molar-refractivity contribution in [2.75, 3.05) is 24.6 Å². The van der Waals surface area contributed by atoms with Crippen molar-refractivity contribution in [1.29, 1.82) is 5.26 Å². The van der Waals surface area contributed by atoms with Gasteiger partial charge in [0.15, 0.2) is 0 Å². The fourth-order valence-corrected chi connectivity index (χ4v) is 5.22. The van der Waals surface area contributed by atoms with Crippen LogP contribution < -0.4 is 11.5 Å². The molecule has 0 bridgehead atoms. The average Bonchev–Trinajstić information content (AvgIpc) is 3.29. The Bertz CT molecular complexity index is 1060. The Kier molecular flexibility index (Phi) is 4.50. The minimum absolute atomic E-state index is 0.0595. The molecule has 1 aliphatic rings. The van der Waals surface area contributed by atoms with Crippen molar-refractivity contribution in [1.82, 2.24) is 9.88 Å². The summed E-state index contributed by atoms with van der Waals surface area (Å²) in [6.07, 6.45) is 2.00. The highest BCUT2D eigenvalue weighted by molar-refractivity contribution is 7.21. The predicted octanol–water partition coefficient (Wildman–Crippen LogP) is 3.93. The molecule has 6 nitrogen and oxygen atoms in total. The third kappa shape index (κ3) is 2.93. The highest BCUT2D eigenvalue weighted by atomic mass is 32.1. The zero-order valence-electron chi connectivity index (χ0n) is 14.9. The number of likely N-dealkylation sites (tertiary alicyclic amines) is 1. The number of aromatic nitrogens is 1. The molecule has 0 spiro atoms. The number of nitrogens with zero attached hydrogens (tertiary/aromatic N) is 3. The molecule has 4 heterocycles. The third-order valence-corrected chi connectivity index (χ3v) is 6.86. The zero-order chi connectivity index (χ0) is 19.1. The quantitative estimate of drug-likeness (QED) is 0.681. The van der Waals surface area contributed by atoms with Gasteiger partial charge in [-0.3, -0.25) is 4.79 Å². The van der Waals surface area contributed by atoms with Gasteiger partial charge in [0.2, 0.25) is 0 Å². The van der Waals surface area contributed by atoms with Crippen LogP contribution in [0.2, 0.25) is 0 Å². The Morgan fingerprint density at radius 3 is 2.74 bits per heavy atom. The summed E-state index contributed by atoms with van der Waals surface area (Å²) in [5.74, 6) is 0.743. The molecule has 0 aromatic carbocycles. The second-order valence-electron chi connectivity index (χ2n) is 6.87. The SMILES string of the molecule is CC1CCN(C(=O)c2sc3nc(N)c(C#N)c(-c4ccsc4)c3c2N)CC1.